The van der Waals surface area contributed by atoms with Gasteiger partial charge in [0.15, 0.2) is 0 Å². The minimum atomic E-state index is -0.523. The molecule has 0 aliphatic heterocycles. The maximum Gasteiger partial charge on any atom is 0.259 e. The summed E-state index contributed by atoms with van der Waals surface area (Å²) in [4.78, 5) is 23.3. The molecule has 0 atom stereocenters. The lowest BCUT2D eigenvalue weighted by Crippen LogP contribution is -2.14. The Hall–Kier alpha value is -2.53. The predicted octanol–water partition coefficient (Wildman–Crippen LogP) is 3.01. The average Bonchev–Trinajstić information content (AvgIpc) is 2.50. The molecule has 0 bridgehead atoms. The van der Waals surface area contributed by atoms with Crippen molar-refractivity contribution in [2.75, 3.05) is 12.4 Å². The maximum atomic E-state index is 12.3. The Morgan fingerprint density at radius 3 is 2.36 bits per heavy atom. The van der Waals surface area contributed by atoms with E-state index < -0.39 is 5.91 Å². The fourth-order valence-electron chi connectivity index (χ4n) is 1.92. The Bertz CT molecular complexity index is 727. The van der Waals surface area contributed by atoms with Crippen LogP contribution in [0.5, 0.6) is 5.75 Å². The van der Waals surface area contributed by atoms with Crippen LogP contribution in [0.2, 0.25) is 5.02 Å². The zero-order chi connectivity index (χ0) is 16.3. The number of carbonyl (C=O) groups excluding carboxylic acids is 2. The standard InChI is InChI=1S/C16H15ClN2O3/c1-9-7-14(22-2)12(8-13(9)17)16(21)19-11-5-3-10(4-6-11)15(18)20/h3-8H,1-2H3,(H2,18,20)(H,19,21). The molecule has 5 nitrogen and oxygen atoms in total. The van der Waals surface area contributed by atoms with Crippen LogP contribution < -0.4 is 15.8 Å². The summed E-state index contributed by atoms with van der Waals surface area (Å²) < 4.78 is 5.21. The molecule has 0 radical (unpaired) electrons. The lowest BCUT2D eigenvalue weighted by molar-refractivity contribution is 0.0998. The number of benzene rings is 2. The second kappa shape index (κ2) is 6.49. The highest BCUT2D eigenvalue weighted by atomic mass is 35.5. The molecule has 0 aromatic heterocycles. The number of ether oxygens (including phenoxy) is 1. The van der Waals surface area contributed by atoms with Gasteiger partial charge in [-0.05, 0) is 48.9 Å². The molecule has 2 rings (SSSR count). The van der Waals surface area contributed by atoms with Crippen LogP contribution in [0.15, 0.2) is 36.4 Å². The van der Waals surface area contributed by atoms with E-state index in [1.165, 1.54) is 19.2 Å². The fourth-order valence-corrected chi connectivity index (χ4v) is 2.08. The number of aryl methyl sites for hydroxylation is 1. The van der Waals surface area contributed by atoms with Gasteiger partial charge < -0.3 is 15.8 Å². The van der Waals surface area contributed by atoms with Gasteiger partial charge in [0, 0.05) is 16.3 Å². The third-order valence-electron chi connectivity index (χ3n) is 3.15. The summed E-state index contributed by atoms with van der Waals surface area (Å²) in [6, 6.07) is 9.53. The Labute approximate surface area is 133 Å². The Morgan fingerprint density at radius 1 is 1.18 bits per heavy atom. The van der Waals surface area contributed by atoms with Crippen LogP contribution in [0.4, 0.5) is 5.69 Å². The topological polar surface area (TPSA) is 81.4 Å². The summed E-state index contributed by atoms with van der Waals surface area (Å²) >= 11 is 6.06. The first-order valence-corrected chi connectivity index (χ1v) is 6.85. The Balaban J connectivity index is 2.25. The van der Waals surface area contributed by atoms with Crippen molar-refractivity contribution >= 4 is 29.1 Å². The molecule has 0 heterocycles. The van der Waals surface area contributed by atoms with E-state index in [0.717, 1.165) is 5.56 Å². The van der Waals surface area contributed by atoms with E-state index >= 15 is 0 Å². The number of anilines is 1. The zero-order valence-electron chi connectivity index (χ0n) is 12.1. The van der Waals surface area contributed by atoms with Gasteiger partial charge in [-0.25, -0.2) is 0 Å². The first kappa shape index (κ1) is 15.9. The van der Waals surface area contributed by atoms with Crippen molar-refractivity contribution in [2.24, 2.45) is 5.73 Å². The normalized spacial score (nSPS) is 10.1. The lowest BCUT2D eigenvalue weighted by Gasteiger charge is -2.11. The van der Waals surface area contributed by atoms with Gasteiger partial charge in [0.1, 0.15) is 5.75 Å². The highest BCUT2D eigenvalue weighted by Crippen LogP contribution is 2.27. The first-order chi connectivity index (χ1) is 10.4. The molecule has 6 heteroatoms. The molecule has 2 amide bonds. The van der Waals surface area contributed by atoms with Crippen LogP contribution in [-0.2, 0) is 0 Å². The van der Waals surface area contributed by atoms with E-state index in [1.54, 1.807) is 24.3 Å². The van der Waals surface area contributed by atoms with E-state index in [1.807, 2.05) is 6.92 Å². The molecule has 0 saturated heterocycles. The second-order valence-electron chi connectivity index (χ2n) is 4.70. The lowest BCUT2D eigenvalue weighted by atomic mass is 10.1. The number of rotatable bonds is 4. The van der Waals surface area contributed by atoms with Gasteiger partial charge >= 0.3 is 0 Å². The molecule has 22 heavy (non-hydrogen) atoms. The molecule has 0 aliphatic rings. The largest absolute Gasteiger partial charge is 0.496 e. The van der Waals surface area contributed by atoms with Crippen LogP contribution in [-0.4, -0.2) is 18.9 Å². The highest BCUT2D eigenvalue weighted by molar-refractivity contribution is 6.32. The van der Waals surface area contributed by atoms with Gasteiger partial charge in [-0.2, -0.15) is 0 Å². The summed E-state index contributed by atoms with van der Waals surface area (Å²) in [6.07, 6.45) is 0. The van der Waals surface area contributed by atoms with Crippen LogP contribution in [0.1, 0.15) is 26.3 Å². The van der Waals surface area contributed by atoms with E-state index in [4.69, 9.17) is 22.1 Å². The van der Waals surface area contributed by atoms with Crippen molar-refractivity contribution in [3.8, 4) is 5.75 Å². The van der Waals surface area contributed by atoms with Gasteiger partial charge in [-0.3, -0.25) is 9.59 Å². The summed E-state index contributed by atoms with van der Waals surface area (Å²) in [5.74, 6) is -0.441. The molecule has 114 valence electrons. The Morgan fingerprint density at radius 2 is 1.82 bits per heavy atom. The number of amides is 2. The average molecular weight is 319 g/mol. The number of halogens is 1. The van der Waals surface area contributed by atoms with E-state index in [-0.39, 0.29) is 5.91 Å². The van der Waals surface area contributed by atoms with Gasteiger partial charge in [0.05, 0.1) is 12.7 Å². The van der Waals surface area contributed by atoms with Crippen molar-refractivity contribution in [1.29, 1.82) is 0 Å². The minimum Gasteiger partial charge on any atom is -0.496 e. The van der Waals surface area contributed by atoms with Crippen molar-refractivity contribution in [3.63, 3.8) is 0 Å². The summed E-state index contributed by atoms with van der Waals surface area (Å²) in [6.45, 7) is 1.83. The van der Waals surface area contributed by atoms with E-state index in [9.17, 15) is 9.59 Å². The molecule has 2 aromatic rings. The van der Waals surface area contributed by atoms with E-state index in [0.29, 0.717) is 27.6 Å². The van der Waals surface area contributed by atoms with Crippen molar-refractivity contribution in [1.82, 2.24) is 0 Å². The summed E-state index contributed by atoms with van der Waals surface area (Å²) in [7, 11) is 1.49. The molecule has 0 aliphatic carbocycles. The van der Waals surface area contributed by atoms with Crippen LogP contribution in [0.25, 0.3) is 0 Å². The molecule has 2 aromatic carbocycles. The minimum absolute atomic E-state index is 0.331. The number of carbonyl (C=O) groups is 2. The van der Waals surface area contributed by atoms with Crippen LogP contribution >= 0.6 is 11.6 Å². The quantitative estimate of drug-likeness (QED) is 0.909. The van der Waals surface area contributed by atoms with Crippen molar-refractivity contribution in [2.45, 2.75) is 6.92 Å². The molecule has 0 saturated carbocycles. The maximum absolute atomic E-state index is 12.3. The summed E-state index contributed by atoms with van der Waals surface area (Å²) in [5, 5.41) is 3.20. The van der Waals surface area contributed by atoms with Crippen molar-refractivity contribution in [3.05, 3.63) is 58.1 Å². The molecular formula is C16H15ClN2O3. The van der Waals surface area contributed by atoms with Gasteiger partial charge in [-0.1, -0.05) is 11.6 Å². The predicted molar refractivity (Wildman–Crippen MR) is 85.7 cm³/mol. The second-order valence-corrected chi connectivity index (χ2v) is 5.10. The fraction of sp³-hybridized carbons (Fsp3) is 0.125. The molecular weight excluding hydrogens is 304 g/mol. The monoisotopic (exact) mass is 318 g/mol. The molecule has 0 fully saturated rings. The van der Waals surface area contributed by atoms with E-state index in [2.05, 4.69) is 5.32 Å². The number of primary amides is 1. The number of methoxy groups -OCH3 is 1. The number of nitrogens with two attached hydrogens (primary N) is 1. The molecule has 0 unspecified atom stereocenters. The summed E-state index contributed by atoms with van der Waals surface area (Å²) in [5.41, 5.74) is 7.22. The van der Waals surface area contributed by atoms with Gasteiger partial charge in [0.25, 0.3) is 5.91 Å². The third-order valence-corrected chi connectivity index (χ3v) is 3.56. The third kappa shape index (κ3) is 3.38. The zero-order valence-corrected chi connectivity index (χ0v) is 12.9. The SMILES string of the molecule is COc1cc(C)c(Cl)cc1C(=O)Nc1ccc(C(N)=O)cc1. The van der Waals surface area contributed by atoms with Crippen LogP contribution in [0.3, 0.4) is 0 Å². The van der Waals surface area contributed by atoms with Gasteiger partial charge in [0.2, 0.25) is 5.91 Å². The highest BCUT2D eigenvalue weighted by Gasteiger charge is 2.15. The number of hydrogen-bond acceptors (Lipinski definition) is 3. The van der Waals surface area contributed by atoms with Gasteiger partial charge in [-0.15, -0.1) is 0 Å². The van der Waals surface area contributed by atoms with Crippen LogP contribution in [0, 0.1) is 6.92 Å². The smallest absolute Gasteiger partial charge is 0.259 e. The number of hydrogen-bond donors (Lipinski definition) is 2. The van der Waals surface area contributed by atoms with Crippen molar-refractivity contribution < 1.29 is 14.3 Å². The molecule has 0 spiro atoms. The number of nitrogens with one attached hydrogen (secondary N) is 1. The first-order valence-electron chi connectivity index (χ1n) is 6.47. The Kier molecular flexibility index (Phi) is 4.68. The molecule has 3 N–H and O–H groups in total.